The number of rotatable bonds is 4. The van der Waals surface area contributed by atoms with Gasteiger partial charge in [-0.2, -0.15) is 0 Å². The number of nitrogens with zero attached hydrogens (tertiary/aromatic N) is 2. The van der Waals surface area contributed by atoms with Gasteiger partial charge in [-0.3, -0.25) is 0 Å². The van der Waals surface area contributed by atoms with Crippen LogP contribution in [-0.4, -0.2) is 11.4 Å². The summed E-state index contributed by atoms with van der Waals surface area (Å²) in [4.78, 5) is 5.91. The molecule has 0 bridgehead atoms. The van der Waals surface area contributed by atoms with Gasteiger partial charge in [0.15, 0.2) is 16.3 Å². The molecule has 3 aromatic carbocycles. The molecule has 1 aliphatic rings. The zero-order valence-electron chi connectivity index (χ0n) is 16.0. The molecule has 144 valence electrons. The number of ether oxygens (including phenoxy) is 2. The minimum atomic E-state index is 0.285. The summed E-state index contributed by atoms with van der Waals surface area (Å²) in [6, 6.07) is 24.8. The minimum absolute atomic E-state index is 0.285. The number of hydrogen-bond acceptors (Lipinski definition) is 4. The third-order valence-corrected chi connectivity index (χ3v) is 5.73. The molecule has 0 unspecified atom stereocenters. The fourth-order valence-corrected chi connectivity index (χ4v) is 4.37. The molecule has 2 heterocycles. The molecule has 1 aromatic heterocycles. The maximum atomic E-state index is 5.56. The fourth-order valence-electron chi connectivity index (χ4n) is 3.44. The second-order valence-corrected chi connectivity index (χ2v) is 7.83. The van der Waals surface area contributed by atoms with Crippen molar-refractivity contribution >= 4 is 17.0 Å². The van der Waals surface area contributed by atoms with Crippen LogP contribution in [-0.2, 0) is 6.54 Å². The molecule has 0 spiro atoms. The van der Waals surface area contributed by atoms with Crippen molar-refractivity contribution < 1.29 is 9.47 Å². The Kier molecular flexibility index (Phi) is 4.66. The van der Waals surface area contributed by atoms with Gasteiger partial charge in [-0.15, -0.1) is 11.3 Å². The monoisotopic (exact) mass is 400 g/mol. The number of benzene rings is 3. The molecule has 0 saturated carbocycles. The van der Waals surface area contributed by atoms with Crippen LogP contribution in [0.2, 0.25) is 0 Å². The predicted octanol–water partition coefficient (Wildman–Crippen LogP) is 5.53. The van der Waals surface area contributed by atoms with E-state index in [1.54, 1.807) is 11.3 Å². The summed E-state index contributed by atoms with van der Waals surface area (Å²) >= 11 is 1.66. The summed E-state index contributed by atoms with van der Waals surface area (Å²) in [6.45, 7) is 3.08. The molecule has 0 amide bonds. The first-order chi connectivity index (χ1) is 14.3. The van der Waals surface area contributed by atoms with Crippen molar-refractivity contribution in [2.24, 2.45) is 4.99 Å². The lowest BCUT2D eigenvalue weighted by molar-refractivity contribution is 0.174. The third-order valence-electron chi connectivity index (χ3n) is 4.87. The zero-order chi connectivity index (χ0) is 19.6. The Morgan fingerprint density at radius 2 is 1.79 bits per heavy atom. The lowest BCUT2D eigenvalue weighted by Crippen LogP contribution is -2.16. The minimum Gasteiger partial charge on any atom is -0.454 e. The van der Waals surface area contributed by atoms with Gasteiger partial charge in [0.25, 0.3) is 0 Å². The summed E-state index contributed by atoms with van der Waals surface area (Å²) in [7, 11) is 0. The van der Waals surface area contributed by atoms with Gasteiger partial charge in [0.05, 0.1) is 17.9 Å². The summed E-state index contributed by atoms with van der Waals surface area (Å²) in [5.41, 5.74) is 5.64. The van der Waals surface area contributed by atoms with Gasteiger partial charge in [0.1, 0.15) is 0 Å². The summed E-state index contributed by atoms with van der Waals surface area (Å²) in [5, 5.41) is 2.18. The SMILES string of the molecule is Cc1cccc(N=c2scc(-c3ccccc3)n2Cc2ccc3c(c2)OCO3)c1. The van der Waals surface area contributed by atoms with E-state index >= 15 is 0 Å². The first-order valence-corrected chi connectivity index (χ1v) is 10.4. The molecule has 0 saturated heterocycles. The third kappa shape index (κ3) is 3.69. The summed E-state index contributed by atoms with van der Waals surface area (Å²) in [6.07, 6.45) is 0. The zero-order valence-corrected chi connectivity index (χ0v) is 16.9. The molecule has 0 radical (unpaired) electrons. The van der Waals surface area contributed by atoms with E-state index in [2.05, 4.69) is 65.4 Å². The van der Waals surface area contributed by atoms with Crippen molar-refractivity contribution in [1.29, 1.82) is 0 Å². The van der Waals surface area contributed by atoms with Crippen LogP contribution in [0.3, 0.4) is 0 Å². The number of fused-ring (bicyclic) bond motifs is 1. The number of thiazole rings is 1. The van der Waals surface area contributed by atoms with E-state index in [1.165, 1.54) is 11.1 Å². The first kappa shape index (κ1) is 17.8. The lowest BCUT2D eigenvalue weighted by Gasteiger charge is -2.10. The molecule has 0 aliphatic carbocycles. The highest BCUT2D eigenvalue weighted by atomic mass is 32.1. The average Bonchev–Trinajstić information content (AvgIpc) is 3.36. The van der Waals surface area contributed by atoms with Crippen LogP contribution in [0.1, 0.15) is 11.1 Å². The van der Waals surface area contributed by atoms with Crippen molar-refractivity contribution in [1.82, 2.24) is 4.57 Å². The lowest BCUT2D eigenvalue weighted by atomic mass is 10.1. The van der Waals surface area contributed by atoms with Crippen molar-refractivity contribution in [2.75, 3.05) is 6.79 Å². The highest BCUT2D eigenvalue weighted by Gasteiger charge is 2.15. The van der Waals surface area contributed by atoms with E-state index in [0.717, 1.165) is 33.2 Å². The fraction of sp³-hybridized carbons (Fsp3) is 0.125. The van der Waals surface area contributed by atoms with Crippen LogP contribution in [0.25, 0.3) is 11.3 Å². The van der Waals surface area contributed by atoms with Crippen molar-refractivity contribution in [2.45, 2.75) is 13.5 Å². The van der Waals surface area contributed by atoms with E-state index in [-0.39, 0.29) is 6.79 Å². The Morgan fingerprint density at radius 1 is 0.931 bits per heavy atom. The second kappa shape index (κ2) is 7.60. The van der Waals surface area contributed by atoms with Crippen molar-refractivity contribution in [3.05, 3.63) is 94.1 Å². The van der Waals surface area contributed by atoms with Gasteiger partial charge in [-0.05, 0) is 47.9 Å². The van der Waals surface area contributed by atoms with Crippen molar-refractivity contribution in [3.8, 4) is 22.8 Å². The Bertz CT molecular complexity index is 1230. The highest BCUT2D eigenvalue weighted by Crippen LogP contribution is 2.33. The normalized spacial score (nSPS) is 13.1. The molecule has 4 aromatic rings. The number of aryl methyl sites for hydroxylation is 1. The van der Waals surface area contributed by atoms with Crippen LogP contribution in [0.4, 0.5) is 5.69 Å². The standard InChI is InChI=1S/C24H20N2O2S/c1-17-6-5-9-20(12-17)25-24-26(21(15-29-24)19-7-3-2-4-8-19)14-18-10-11-22-23(13-18)28-16-27-22/h2-13,15H,14,16H2,1H3. The van der Waals surface area contributed by atoms with Gasteiger partial charge >= 0.3 is 0 Å². The molecule has 0 fully saturated rings. The highest BCUT2D eigenvalue weighted by molar-refractivity contribution is 7.07. The average molecular weight is 401 g/mol. The Balaban J connectivity index is 1.62. The first-order valence-electron chi connectivity index (χ1n) is 9.50. The Hall–Kier alpha value is -3.31. The smallest absolute Gasteiger partial charge is 0.231 e. The Morgan fingerprint density at radius 3 is 2.66 bits per heavy atom. The molecular formula is C24H20N2O2S. The molecule has 29 heavy (non-hydrogen) atoms. The van der Waals surface area contributed by atoms with E-state index < -0.39 is 0 Å². The topological polar surface area (TPSA) is 35.8 Å². The van der Waals surface area contributed by atoms with E-state index in [9.17, 15) is 0 Å². The molecule has 0 atom stereocenters. The summed E-state index contributed by atoms with van der Waals surface area (Å²) < 4.78 is 13.3. The molecule has 0 N–H and O–H groups in total. The largest absolute Gasteiger partial charge is 0.454 e. The van der Waals surface area contributed by atoms with Crippen molar-refractivity contribution in [3.63, 3.8) is 0 Å². The van der Waals surface area contributed by atoms with Gasteiger partial charge in [-0.1, -0.05) is 48.5 Å². The molecule has 5 heteroatoms. The molecule has 4 nitrogen and oxygen atoms in total. The Labute approximate surface area is 173 Å². The van der Waals surface area contributed by atoms with Crippen LogP contribution in [0, 0.1) is 6.92 Å². The van der Waals surface area contributed by atoms with Crippen LogP contribution in [0.15, 0.2) is 83.2 Å². The van der Waals surface area contributed by atoms with Crippen LogP contribution in [0.5, 0.6) is 11.5 Å². The van der Waals surface area contributed by atoms with Gasteiger partial charge in [0, 0.05) is 5.38 Å². The summed E-state index contributed by atoms with van der Waals surface area (Å²) in [5.74, 6) is 1.61. The van der Waals surface area contributed by atoms with Gasteiger partial charge in [-0.25, -0.2) is 4.99 Å². The van der Waals surface area contributed by atoms with E-state index in [1.807, 2.05) is 24.3 Å². The van der Waals surface area contributed by atoms with E-state index in [0.29, 0.717) is 6.54 Å². The molecular weight excluding hydrogens is 380 g/mol. The second-order valence-electron chi connectivity index (χ2n) is 6.99. The van der Waals surface area contributed by atoms with Gasteiger partial charge in [0.2, 0.25) is 6.79 Å². The number of aromatic nitrogens is 1. The maximum absolute atomic E-state index is 5.56. The maximum Gasteiger partial charge on any atom is 0.231 e. The quantitative estimate of drug-likeness (QED) is 0.451. The number of hydrogen-bond donors (Lipinski definition) is 0. The van der Waals surface area contributed by atoms with Gasteiger partial charge < -0.3 is 14.0 Å². The van der Waals surface area contributed by atoms with E-state index in [4.69, 9.17) is 14.5 Å². The van der Waals surface area contributed by atoms with Crippen LogP contribution >= 0.6 is 11.3 Å². The molecule has 5 rings (SSSR count). The molecule has 1 aliphatic heterocycles. The van der Waals surface area contributed by atoms with Crippen LogP contribution < -0.4 is 14.3 Å². The predicted molar refractivity (Wildman–Crippen MR) is 116 cm³/mol.